The zero-order chi connectivity index (χ0) is 32.6. The highest BCUT2D eigenvalue weighted by molar-refractivity contribution is 6.11. The Hall–Kier alpha value is -5.36. The number of nitrogens with one attached hydrogen (secondary N) is 3. The van der Waals surface area contributed by atoms with Gasteiger partial charge in [-0.1, -0.05) is 32.0 Å². The number of carbonyl (C=O) groups is 3. The van der Waals surface area contributed by atoms with Crippen molar-refractivity contribution in [3.63, 3.8) is 0 Å². The minimum atomic E-state index is -0.492. The van der Waals surface area contributed by atoms with Crippen LogP contribution in [0.2, 0.25) is 0 Å². The number of ketones is 1. The number of amides is 3. The molecule has 46 heavy (non-hydrogen) atoms. The molecule has 1 fully saturated rings. The number of piperazine rings is 1. The molecule has 12 heteroatoms. The Kier molecular flexibility index (Phi) is 8.13. The number of phenols is 1. The van der Waals surface area contributed by atoms with E-state index in [4.69, 9.17) is 8.94 Å². The van der Waals surface area contributed by atoms with E-state index in [-0.39, 0.29) is 28.6 Å². The van der Waals surface area contributed by atoms with Gasteiger partial charge in [0.2, 0.25) is 11.7 Å². The number of urea groups is 1. The summed E-state index contributed by atoms with van der Waals surface area (Å²) in [5, 5.41) is 21.5. The number of nitrogens with zero attached hydrogens (tertiary/aromatic N) is 3. The summed E-state index contributed by atoms with van der Waals surface area (Å²) in [6.07, 6.45) is 3.31. The number of rotatable bonds is 7. The molecule has 6 rings (SSSR count). The predicted molar refractivity (Wildman–Crippen MR) is 174 cm³/mol. The van der Waals surface area contributed by atoms with Crippen molar-refractivity contribution in [1.82, 2.24) is 19.9 Å². The lowest BCUT2D eigenvalue weighted by atomic mass is 9.93. The normalized spacial score (nSPS) is 14.4. The number of anilines is 2. The molecule has 4 N–H and O–H groups in total. The number of furan rings is 1. The Labute approximate surface area is 265 Å². The van der Waals surface area contributed by atoms with Crippen molar-refractivity contribution in [2.75, 3.05) is 36.8 Å². The van der Waals surface area contributed by atoms with Crippen LogP contribution in [0.5, 0.6) is 5.75 Å². The summed E-state index contributed by atoms with van der Waals surface area (Å²) in [5.41, 5.74) is 2.49. The van der Waals surface area contributed by atoms with Gasteiger partial charge in [0.25, 0.3) is 0 Å². The molecule has 4 heterocycles. The molecule has 1 aliphatic rings. The van der Waals surface area contributed by atoms with E-state index in [0.29, 0.717) is 77.7 Å². The van der Waals surface area contributed by atoms with Gasteiger partial charge < -0.3 is 29.2 Å². The van der Waals surface area contributed by atoms with Crippen LogP contribution in [-0.2, 0) is 16.8 Å². The predicted octanol–water partition coefficient (Wildman–Crippen LogP) is 6.00. The number of fused-ring (bicyclic) bond motifs is 2. The lowest BCUT2D eigenvalue weighted by Crippen LogP contribution is -2.47. The Morgan fingerprint density at radius 1 is 1.02 bits per heavy atom. The first-order chi connectivity index (χ1) is 22.0. The molecule has 0 bridgehead atoms. The van der Waals surface area contributed by atoms with Crippen molar-refractivity contribution >= 4 is 51.1 Å². The SMILES string of the molecule is C/C=C/C(=O)N1CCN(Cc2c(O)ccc3[nH]c(C(=O)c4cc5cc(NC(=O)Nc6cc(C(C)(C)C)on6)ccc5o4)cc23)CC1. The van der Waals surface area contributed by atoms with Gasteiger partial charge in [0, 0.05) is 71.7 Å². The van der Waals surface area contributed by atoms with Crippen molar-refractivity contribution in [3.8, 4) is 5.75 Å². The van der Waals surface area contributed by atoms with Gasteiger partial charge in [-0.05, 0) is 55.5 Å². The summed E-state index contributed by atoms with van der Waals surface area (Å²) in [6, 6.07) is 13.0. The Bertz CT molecular complexity index is 1970. The highest BCUT2D eigenvalue weighted by Crippen LogP contribution is 2.31. The molecule has 1 aliphatic heterocycles. The lowest BCUT2D eigenvalue weighted by molar-refractivity contribution is -0.127. The summed E-state index contributed by atoms with van der Waals surface area (Å²) in [6.45, 7) is 10.8. The molecule has 0 aliphatic carbocycles. The number of aromatic nitrogens is 2. The molecule has 0 saturated carbocycles. The third-order valence-electron chi connectivity index (χ3n) is 8.00. The van der Waals surface area contributed by atoms with Gasteiger partial charge in [-0.2, -0.15) is 0 Å². The summed E-state index contributed by atoms with van der Waals surface area (Å²) in [4.78, 5) is 45.5. The maximum atomic E-state index is 13.5. The summed E-state index contributed by atoms with van der Waals surface area (Å²) in [7, 11) is 0. The molecule has 0 spiro atoms. The minimum Gasteiger partial charge on any atom is -0.508 e. The molecule has 12 nitrogen and oxygen atoms in total. The Morgan fingerprint density at radius 3 is 2.52 bits per heavy atom. The standard InChI is InChI=1S/C34H36N6O6/c1-5-6-31(42)40-13-11-39(12-14-40)19-23-22-17-25(36-24(22)8-9-26(23)41)32(43)28-16-20-15-21(7-10-27(20)45-28)35-33(44)37-30-18-29(46-38-30)34(2,3)4/h5-10,15-18,36,41H,11-14,19H2,1-4H3,(H2,35,37,38,44)/b6-5+. The van der Waals surface area contributed by atoms with Crippen LogP contribution in [0.3, 0.4) is 0 Å². The van der Waals surface area contributed by atoms with Crippen LogP contribution in [0.4, 0.5) is 16.3 Å². The molecule has 0 radical (unpaired) electrons. The third kappa shape index (κ3) is 6.38. The van der Waals surface area contributed by atoms with Crippen LogP contribution < -0.4 is 10.6 Å². The van der Waals surface area contributed by atoms with E-state index in [9.17, 15) is 19.5 Å². The minimum absolute atomic E-state index is 0.00196. The third-order valence-corrected chi connectivity index (χ3v) is 8.00. The number of aromatic amines is 1. The van der Waals surface area contributed by atoms with E-state index in [2.05, 4.69) is 25.7 Å². The monoisotopic (exact) mass is 624 g/mol. The molecule has 3 amide bonds. The number of carbonyl (C=O) groups excluding carboxylic acids is 3. The highest BCUT2D eigenvalue weighted by Gasteiger charge is 2.24. The van der Waals surface area contributed by atoms with E-state index in [1.165, 1.54) is 0 Å². The first-order valence-corrected chi connectivity index (χ1v) is 15.1. The summed E-state index contributed by atoms with van der Waals surface area (Å²) >= 11 is 0. The number of phenolic OH excluding ortho intramolecular Hbond substituents is 1. The smallest absolute Gasteiger partial charge is 0.324 e. The number of benzene rings is 2. The maximum absolute atomic E-state index is 13.5. The average Bonchev–Trinajstić information content (AvgIpc) is 3.77. The van der Waals surface area contributed by atoms with Gasteiger partial charge in [0.15, 0.2) is 11.6 Å². The van der Waals surface area contributed by atoms with Gasteiger partial charge in [-0.25, -0.2) is 4.79 Å². The van der Waals surface area contributed by atoms with Crippen molar-refractivity contribution in [2.24, 2.45) is 0 Å². The fraction of sp³-hybridized carbons (Fsp3) is 0.294. The number of allylic oxidation sites excluding steroid dienone is 1. The van der Waals surface area contributed by atoms with Crippen molar-refractivity contribution in [3.05, 3.63) is 83.5 Å². The zero-order valence-electron chi connectivity index (χ0n) is 26.1. The van der Waals surface area contributed by atoms with Crippen molar-refractivity contribution in [1.29, 1.82) is 0 Å². The summed E-state index contributed by atoms with van der Waals surface area (Å²) in [5.74, 6) is 0.880. The number of hydrogen-bond donors (Lipinski definition) is 4. The largest absolute Gasteiger partial charge is 0.508 e. The zero-order valence-corrected chi connectivity index (χ0v) is 26.1. The Morgan fingerprint density at radius 2 is 1.80 bits per heavy atom. The molecule has 3 aromatic heterocycles. The second-order valence-corrected chi connectivity index (χ2v) is 12.4. The molecular formula is C34H36N6O6. The van der Waals surface area contributed by atoms with E-state index in [0.717, 1.165) is 5.39 Å². The fourth-order valence-corrected chi connectivity index (χ4v) is 5.47. The number of hydrogen-bond acceptors (Lipinski definition) is 8. The molecule has 2 aromatic carbocycles. The van der Waals surface area contributed by atoms with E-state index >= 15 is 0 Å². The fourth-order valence-electron chi connectivity index (χ4n) is 5.47. The van der Waals surface area contributed by atoms with Gasteiger partial charge in [0.1, 0.15) is 17.1 Å². The number of aromatic hydroxyl groups is 1. The lowest BCUT2D eigenvalue weighted by Gasteiger charge is -2.34. The van der Waals surface area contributed by atoms with Gasteiger partial charge in [0.05, 0.1) is 5.69 Å². The second-order valence-electron chi connectivity index (χ2n) is 12.4. The van der Waals surface area contributed by atoms with Crippen LogP contribution in [0.1, 0.15) is 55.3 Å². The van der Waals surface area contributed by atoms with Gasteiger partial charge in [-0.15, -0.1) is 0 Å². The van der Waals surface area contributed by atoms with Crippen LogP contribution >= 0.6 is 0 Å². The van der Waals surface area contributed by atoms with Gasteiger partial charge in [-0.3, -0.25) is 19.8 Å². The van der Waals surface area contributed by atoms with E-state index < -0.39 is 6.03 Å². The molecule has 0 atom stereocenters. The second kappa shape index (κ2) is 12.2. The molecule has 0 unspecified atom stereocenters. The Balaban J connectivity index is 1.15. The van der Waals surface area contributed by atoms with E-state index in [1.807, 2.05) is 32.6 Å². The van der Waals surface area contributed by atoms with Crippen LogP contribution in [0, 0.1) is 0 Å². The van der Waals surface area contributed by atoms with E-state index in [1.54, 1.807) is 60.7 Å². The van der Waals surface area contributed by atoms with Crippen molar-refractivity contribution in [2.45, 2.75) is 39.7 Å². The molecular weight excluding hydrogens is 588 g/mol. The van der Waals surface area contributed by atoms with Gasteiger partial charge >= 0.3 is 6.03 Å². The average molecular weight is 625 g/mol. The molecule has 5 aromatic rings. The topological polar surface area (TPSA) is 157 Å². The number of H-pyrrole nitrogens is 1. The summed E-state index contributed by atoms with van der Waals surface area (Å²) < 4.78 is 11.2. The van der Waals surface area contributed by atoms with Crippen molar-refractivity contribution < 1.29 is 28.4 Å². The van der Waals surface area contributed by atoms with Crippen LogP contribution in [-0.4, -0.2) is 68.9 Å². The first-order valence-electron chi connectivity index (χ1n) is 15.1. The molecule has 238 valence electrons. The highest BCUT2D eigenvalue weighted by atomic mass is 16.5. The van der Waals surface area contributed by atoms with Crippen LogP contribution in [0.15, 0.2) is 69.6 Å². The van der Waals surface area contributed by atoms with Crippen LogP contribution in [0.25, 0.3) is 21.9 Å². The maximum Gasteiger partial charge on any atom is 0.324 e. The quantitative estimate of drug-likeness (QED) is 0.127. The molecule has 1 saturated heterocycles. The first kappa shape index (κ1) is 30.7.